The average Bonchev–Trinajstić information content (AvgIpc) is 3.41. The lowest BCUT2D eigenvalue weighted by Crippen LogP contribution is -2.39. The van der Waals surface area contributed by atoms with Gasteiger partial charge in [0.1, 0.15) is 17.6 Å². The van der Waals surface area contributed by atoms with Crippen molar-refractivity contribution < 1.29 is 14.3 Å². The Hall–Kier alpha value is -4.09. The van der Waals surface area contributed by atoms with Crippen LogP contribution in [0.3, 0.4) is 0 Å². The second-order valence-electron chi connectivity index (χ2n) is 9.56. The minimum Gasteiger partial charge on any atom is -0.460 e. The fourth-order valence-electron chi connectivity index (χ4n) is 4.26. The van der Waals surface area contributed by atoms with Crippen molar-refractivity contribution in [1.29, 1.82) is 5.26 Å². The van der Waals surface area contributed by atoms with Crippen LogP contribution in [0.1, 0.15) is 51.3 Å². The maximum atomic E-state index is 13.1. The molecule has 4 rings (SSSR count). The molecular formula is C31H31ClN4O3. The topological polar surface area (TPSA) is 124 Å². The zero-order chi connectivity index (χ0) is 27.9. The van der Waals surface area contributed by atoms with Crippen molar-refractivity contribution in [3.05, 3.63) is 111 Å². The van der Waals surface area contributed by atoms with Crippen LogP contribution < -0.4 is 16.4 Å². The van der Waals surface area contributed by atoms with Crippen LogP contribution in [-0.2, 0) is 13.0 Å². The van der Waals surface area contributed by atoms with Gasteiger partial charge >= 0.3 is 0 Å². The summed E-state index contributed by atoms with van der Waals surface area (Å²) in [5, 5.41) is 25.5. The minimum atomic E-state index is -0.568. The Kier molecular flexibility index (Phi) is 9.05. The number of anilines is 1. The number of amides is 1. The molecule has 5 N–H and O–H groups in total. The minimum absolute atomic E-state index is 0.158. The van der Waals surface area contributed by atoms with Gasteiger partial charge in [-0.3, -0.25) is 4.79 Å². The maximum Gasteiger partial charge on any atom is 0.253 e. The van der Waals surface area contributed by atoms with E-state index in [2.05, 4.69) is 48.7 Å². The van der Waals surface area contributed by atoms with Crippen LogP contribution in [0.25, 0.3) is 11.3 Å². The van der Waals surface area contributed by atoms with Gasteiger partial charge in [-0.15, -0.1) is 0 Å². The van der Waals surface area contributed by atoms with E-state index in [9.17, 15) is 9.90 Å². The Morgan fingerprint density at radius 3 is 2.56 bits per heavy atom. The first kappa shape index (κ1) is 27.9. The van der Waals surface area contributed by atoms with Crippen molar-refractivity contribution in [3.63, 3.8) is 0 Å². The fourth-order valence-corrected chi connectivity index (χ4v) is 4.46. The van der Waals surface area contributed by atoms with Crippen LogP contribution in [0, 0.1) is 18.3 Å². The van der Waals surface area contributed by atoms with Gasteiger partial charge < -0.3 is 25.9 Å². The number of aryl methyl sites for hydroxylation is 1. The molecule has 1 amide bonds. The summed E-state index contributed by atoms with van der Waals surface area (Å²) in [6.45, 7) is 4.44. The van der Waals surface area contributed by atoms with E-state index in [-0.39, 0.29) is 23.2 Å². The zero-order valence-electron chi connectivity index (χ0n) is 21.9. The van der Waals surface area contributed by atoms with E-state index in [4.69, 9.17) is 27.0 Å². The van der Waals surface area contributed by atoms with Crippen LogP contribution in [0.2, 0.25) is 5.02 Å². The van der Waals surface area contributed by atoms with Crippen LogP contribution in [0.15, 0.2) is 77.2 Å². The lowest BCUT2D eigenvalue weighted by Gasteiger charge is -2.17. The lowest BCUT2D eigenvalue weighted by atomic mass is 10.0. The van der Waals surface area contributed by atoms with Crippen LogP contribution in [0.5, 0.6) is 0 Å². The van der Waals surface area contributed by atoms with Crippen molar-refractivity contribution in [2.75, 3.05) is 12.3 Å². The number of carbonyl (C=O) groups excluding carboxylic acids is 1. The number of benzene rings is 3. The quantitative estimate of drug-likeness (QED) is 0.195. The number of nitrogen functional groups attached to an aromatic ring is 1. The van der Waals surface area contributed by atoms with E-state index in [0.29, 0.717) is 35.5 Å². The van der Waals surface area contributed by atoms with Crippen molar-refractivity contribution in [2.24, 2.45) is 0 Å². The van der Waals surface area contributed by atoms with Crippen LogP contribution in [-0.4, -0.2) is 23.7 Å². The molecule has 1 heterocycles. The van der Waals surface area contributed by atoms with Gasteiger partial charge in [0.2, 0.25) is 0 Å². The third kappa shape index (κ3) is 7.06. The molecule has 0 aliphatic rings. The number of hydrogen-bond acceptors (Lipinski definition) is 6. The number of nitriles is 1. The van der Waals surface area contributed by atoms with Gasteiger partial charge in [0.15, 0.2) is 0 Å². The Morgan fingerprint density at radius 2 is 1.87 bits per heavy atom. The highest BCUT2D eigenvalue weighted by Gasteiger charge is 2.18. The number of rotatable bonds is 10. The zero-order valence-corrected chi connectivity index (χ0v) is 22.6. The summed E-state index contributed by atoms with van der Waals surface area (Å²) in [4.78, 5) is 13.1. The first-order chi connectivity index (χ1) is 18.8. The number of halogens is 1. The van der Waals surface area contributed by atoms with E-state index in [1.54, 1.807) is 36.4 Å². The summed E-state index contributed by atoms with van der Waals surface area (Å²) < 4.78 is 6.05. The Balaban J connectivity index is 1.42. The first-order valence-corrected chi connectivity index (χ1v) is 13.0. The van der Waals surface area contributed by atoms with E-state index in [0.717, 1.165) is 11.3 Å². The number of aliphatic hydroxyl groups is 1. The Morgan fingerprint density at radius 1 is 1.10 bits per heavy atom. The molecule has 1 aromatic heterocycles. The Labute approximate surface area is 233 Å². The first-order valence-electron chi connectivity index (χ1n) is 12.7. The van der Waals surface area contributed by atoms with Gasteiger partial charge in [0.25, 0.3) is 5.91 Å². The molecule has 2 unspecified atom stereocenters. The predicted octanol–water partition coefficient (Wildman–Crippen LogP) is 5.55. The molecule has 3 aromatic carbocycles. The maximum absolute atomic E-state index is 13.1. The summed E-state index contributed by atoms with van der Waals surface area (Å²) >= 11 is 6.37. The number of furan rings is 1. The smallest absolute Gasteiger partial charge is 0.253 e. The third-order valence-corrected chi connectivity index (χ3v) is 6.92. The molecule has 0 bridgehead atoms. The van der Waals surface area contributed by atoms with Gasteiger partial charge in [-0.1, -0.05) is 47.5 Å². The molecule has 4 aromatic rings. The average molecular weight is 543 g/mol. The molecule has 8 heteroatoms. The highest BCUT2D eigenvalue weighted by atomic mass is 35.5. The summed E-state index contributed by atoms with van der Waals surface area (Å²) in [7, 11) is 0. The molecule has 0 radical (unpaired) electrons. The molecule has 0 spiro atoms. The fraction of sp³-hybridized carbons (Fsp3) is 0.226. The molecule has 0 aliphatic carbocycles. The largest absolute Gasteiger partial charge is 0.460 e. The SMILES string of the molecule is Cc1ccc(C(C)NCc2ccc(-c3ccc(Cl)c(C(=O)NC(CO)Cc4ccc(C#N)c(N)c4)c3)o2)cc1. The molecule has 7 nitrogen and oxygen atoms in total. The number of nitrogens with zero attached hydrogens (tertiary/aromatic N) is 1. The molecule has 0 aliphatic heterocycles. The summed E-state index contributed by atoms with van der Waals surface area (Å²) in [5.74, 6) is 0.974. The second kappa shape index (κ2) is 12.6. The number of nitrogens with one attached hydrogen (secondary N) is 2. The molecule has 39 heavy (non-hydrogen) atoms. The van der Waals surface area contributed by atoms with E-state index >= 15 is 0 Å². The summed E-state index contributed by atoms with van der Waals surface area (Å²) in [6.07, 6.45) is 0.338. The van der Waals surface area contributed by atoms with Gasteiger partial charge in [-0.2, -0.15) is 5.26 Å². The monoisotopic (exact) mass is 542 g/mol. The van der Waals surface area contributed by atoms with E-state index in [1.807, 2.05) is 18.2 Å². The van der Waals surface area contributed by atoms with Gasteiger partial charge in [0.05, 0.1) is 35.3 Å². The summed E-state index contributed by atoms with van der Waals surface area (Å²) in [6, 6.07) is 24.0. The molecule has 0 fully saturated rings. The molecule has 0 saturated carbocycles. The van der Waals surface area contributed by atoms with Gasteiger partial charge in [-0.05, 0) is 73.9 Å². The van der Waals surface area contributed by atoms with Gasteiger partial charge in [0, 0.05) is 17.3 Å². The highest BCUT2D eigenvalue weighted by Crippen LogP contribution is 2.27. The number of hydrogen-bond donors (Lipinski definition) is 4. The van der Waals surface area contributed by atoms with Crippen LogP contribution in [0.4, 0.5) is 5.69 Å². The molecule has 0 saturated heterocycles. The van der Waals surface area contributed by atoms with Crippen molar-refractivity contribution in [2.45, 2.75) is 38.9 Å². The van der Waals surface area contributed by atoms with Crippen molar-refractivity contribution in [1.82, 2.24) is 10.6 Å². The van der Waals surface area contributed by atoms with Gasteiger partial charge in [-0.25, -0.2) is 0 Å². The molecular weight excluding hydrogens is 512 g/mol. The highest BCUT2D eigenvalue weighted by molar-refractivity contribution is 6.34. The second-order valence-corrected chi connectivity index (χ2v) is 9.97. The predicted molar refractivity (Wildman–Crippen MR) is 153 cm³/mol. The number of carbonyl (C=O) groups is 1. The van der Waals surface area contributed by atoms with E-state index in [1.165, 1.54) is 11.1 Å². The summed E-state index contributed by atoms with van der Waals surface area (Å²) in [5.41, 5.74) is 10.8. The third-order valence-electron chi connectivity index (χ3n) is 6.59. The van der Waals surface area contributed by atoms with Crippen molar-refractivity contribution >= 4 is 23.2 Å². The molecule has 2 atom stereocenters. The van der Waals surface area contributed by atoms with Crippen LogP contribution >= 0.6 is 11.6 Å². The lowest BCUT2D eigenvalue weighted by molar-refractivity contribution is 0.0916. The van der Waals surface area contributed by atoms with Crippen molar-refractivity contribution in [3.8, 4) is 17.4 Å². The number of aliphatic hydroxyl groups excluding tert-OH is 1. The number of nitrogens with two attached hydrogens (primary N) is 1. The molecule has 200 valence electrons. The standard InChI is InChI=1S/C31H31ClN4O3/c1-19-3-6-22(7-4-19)20(2)35-17-26-10-12-30(39-26)23-9-11-28(32)27(15-23)31(38)36-25(18-37)13-21-5-8-24(16-33)29(34)14-21/h3-12,14-15,20,25,35,37H,13,17-18,34H2,1-2H3,(H,36,38). The Bertz CT molecular complexity index is 1490. The normalized spacial score (nSPS) is 12.5. The van der Waals surface area contributed by atoms with E-state index < -0.39 is 11.9 Å².